The van der Waals surface area contributed by atoms with E-state index in [1.165, 1.54) is 0 Å². The lowest BCUT2D eigenvalue weighted by Crippen LogP contribution is -2.32. The zero-order chi connectivity index (χ0) is 22.4. The summed E-state index contributed by atoms with van der Waals surface area (Å²) in [5.74, 6) is -0.834. The van der Waals surface area contributed by atoms with E-state index in [-0.39, 0.29) is 11.3 Å². The minimum absolute atomic E-state index is 0.0990. The molecule has 0 aliphatic carbocycles. The standard InChI is InChI=1S/C25H28N2O4/c1-4-16-31-20-13-8-12-19(17-20)22-21(23(28)18-10-6-5-7-11-18)24(29)25(30)27(22)15-9-14-26(2)3/h4-8,10-13,17,22,28H,1,9,14-16H2,2-3H3/b23-21+. The van der Waals surface area contributed by atoms with Crippen molar-refractivity contribution in [3.63, 3.8) is 0 Å². The Bertz CT molecular complexity index is 982. The number of carbonyl (C=O) groups excluding carboxylic acids is 2. The van der Waals surface area contributed by atoms with Gasteiger partial charge in [0.2, 0.25) is 0 Å². The smallest absolute Gasteiger partial charge is 0.295 e. The van der Waals surface area contributed by atoms with Gasteiger partial charge in [-0.2, -0.15) is 0 Å². The zero-order valence-electron chi connectivity index (χ0n) is 18.0. The maximum atomic E-state index is 13.0. The van der Waals surface area contributed by atoms with Gasteiger partial charge >= 0.3 is 0 Å². The summed E-state index contributed by atoms with van der Waals surface area (Å²) in [7, 11) is 3.92. The van der Waals surface area contributed by atoms with Crippen LogP contribution in [-0.4, -0.2) is 60.4 Å². The quantitative estimate of drug-likeness (QED) is 0.290. The second kappa shape index (κ2) is 10.1. The Morgan fingerprint density at radius 3 is 2.58 bits per heavy atom. The molecule has 1 N–H and O–H groups in total. The number of rotatable bonds is 9. The molecule has 0 aromatic heterocycles. The number of likely N-dealkylation sites (tertiary alicyclic amines) is 1. The van der Waals surface area contributed by atoms with Crippen molar-refractivity contribution in [1.29, 1.82) is 0 Å². The van der Waals surface area contributed by atoms with Gasteiger partial charge in [-0.15, -0.1) is 0 Å². The van der Waals surface area contributed by atoms with E-state index in [0.29, 0.717) is 36.4 Å². The highest BCUT2D eigenvalue weighted by molar-refractivity contribution is 6.46. The summed E-state index contributed by atoms with van der Waals surface area (Å²) in [5, 5.41) is 11.0. The van der Waals surface area contributed by atoms with Crippen LogP contribution in [0.1, 0.15) is 23.6 Å². The SMILES string of the molecule is C=CCOc1cccc(C2/C(=C(\O)c3ccccc3)C(=O)C(=O)N2CCCN(C)C)c1. The van der Waals surface area contributed by atoms with Gasteiger partial charge in [0.05, 0.1) is 11.6 Å². The van der Waals surface area contributed by atoms with Gasteiger partial charge in [-0.3, -0.25) is 9.59 Å². The molecule has 0 spiro atoms. The highest BCUT2D eigenvalue weighted by Crippen LogP contribution is 2.40. The lowest BCUT2D eigenvalue weighted by atomic mass is 9.95. The van der Waals surface area contributed by atoms with Crippen molar-refractivity contribution in [2.24, 2.45) is 0 Å². The molecule has 1 amide bonds. The van der Waals surface area contributed by atoms with Gasteiger partial charge in [0, 0.05) is 12.1 Å². The Kier molecular flexibility index (Phi) is 7.26. The number of amides is 1. The number of ether oxygens (including phenoxy) is 1. The summed E-state index contributed by atoms with van der Waals surface area (Å²) in [5.41, 5.74) is 1.31. The van der Waals surface area contributed by atoms with Crippen LogP contribution in [0.3, 0.4) is 0 Å². The third-order valence-electron chi connectivity index (χ3n) is 5.13. The molecule has 3 rings (SSSR count). The van der Waals surface area contributed by atoms with E-state index in [0.717, 1.165) is 6.54 Å². The number of hydrogen-bond acceptors (Lipinski definition) is 5. The number of nitrogens with zero attached hydrogens (tertiary/aromatic N) is 2. The number of benzene rings is 2. The largest absolute Gasteiger partial charge is 0.507 e. The van der Waals surface area contributed by atoms with Crippen LogP contribution in [0.25, 0.3) is 5.76 Å². The fourth-order valence-electron chi connectivity index (χ4n) is 3.70. The molecule has 0 saturated carbocycles. The van der Waals surface area contributed by atoms with E-state index in [1.807, 2.05) is 43.3 Å². The first-order chi connectivity index (χ1) is 14.9. The van der Waals surface area contributed by atoms with Crippen molar-refractivity contribution < 1.29 is 19.4 Å². The van der Waals surface area contributed by atoms with Crippen LogP contribution in [0.5, 0.6) is 5.75 Å². The van der Waals surface area contributed by atoms with E-state index in [4.69, 9.17) is 4.74 Å². The third kappa shape index (κ3) is 5.03. The van der Waals surface area contributed by atoms with Crippen LogP contribution in [0.2, 0.25) is 0 Å². The molecule has 1 saturated heterocycles. The molecule has 1 aliphatic heterocycles. The Balaban J connectivity index is 2.07. The number of aliphatic hydroxyl groups is 1. The third-order valence-corrected chi connectivity index (χ3v) is 5.13. The van der Waals surface area contributed by atoms with Crippen molar-refractivity contribution in [2.75, 3.05) is 33.8 Å². The molecular weight excluding hydrogens is 392 g/mol. The van der Waals surface area contributed by atoms with Crippen molar-refractivity contribution >= 4 is 17.4 Å². The number of hydrogen-bond donors (Lipinski definition) is 1. The van der Waals surface area contributed by atoms with Gasteiger partial charge in [0.15, 0.2) is 0 Å². The van der Waals surface area contributed by atoms with Crippen molar-refractivity contribution in [3.05, 3.63) is 84.0 Å². The second-order valence-corrected chi connectivity index (χ2v) is 7.69. The molecule has 31 heavy (non-hydrogen) atoms. The van der Waals surface area contributed by atoms with Gasteiger partial charge in [-0.25, -0.2) is 0 Å². The predicted molar refractivity (Wildman–Crippen MR) is 121 cm³/mol. The Morgan fingerprint density at radius 1 is 1.16 bits per heavy atom. The van der Waals surface area contributed by atoms with Crippen LogP contribution < -0.4 is 4.74 Å². The minimum Gasteiger partial charge on any atom is -0.507 e. The Labute approximate surface area is 183 Å². The monoisotopic (exact) mass is 420 g/mol. The van der Waals surface area contributed by atoms with Crippen molar-refractivity contribution in [1.82, 2.24) is 9.80 Å². The maximum absolute atomic E-state index is 13.0. The lowest BCUT2D eigenvalue weighted by molar-refractivity contribution is -0.139. The number of aliphatic hydroxyl groups excluding tert-OH is 1. The van der Waals surface area contributed by atoms with E-state index >= 15 is 0 Å². The molecule has 1 atom stereocenters. The molecule has 162 valence electrons. The molecule has 2 aromatic carbocycles. The zero-order valence-corrected chi connectivity index (χ0v) is 18.0. The molecule has 2 aromatic rings. The molecule has 1 heterocycles. The predicted octanol–water partition coefficient (Wildman–Crippen LogP) is 3.62. The highest BCUT2D eigenvalue weighted by atomic mass is 16.5. The number of ketones is 1. The summed E-state index contributed by atoms with van der Waals surface area (Å²) in [6.07, 6.45) is 2.35. The van der Waals surface area contributed by atoms with Gasteiger partial charge in [-0.1, -0.05) is 55.1 Å². The van der Waals surface area contributed by atoms with Crippen molar-refractivity contribution in [2.45, 2.75) is 12.5 Å². The van der Waals surface area contributed by atoms with Crippen molar-refractivity contribution in [3.8, 4) is 5.75 Å². The van der Waals surface area contributed by atoms with E-state index in [2.05, 4.69) is 6.58 Å². The minimum atomic E-state index is -0.686. The first kappa shape index (κ1) is 22.3. The topological polar surface area (TPSA) is 70.1 Å². The first-order valence-corrected chi connectivity index (χ1v) is 10.3. The molecule has 0 bridgehead atoms. The normalized spacial score (nSPS) is 17.9. The van der Waals surface area contributed by atoms with Gasteiger partial charge in [0.1, 0.15) is 18.1 Å². The van der Waals surface area contributed by atoms with Gasteiger partial charge in [-0.05, 0) is 44.8 Å². The van der Waals surface area contributed by atoms with E-state index in [9.17, 15) is 14.7 Å². The first-order valence-electron chi connectivity index (χ1n) is 10.3. The van der Waals surface area contributed by atoms with E-state index < -0.39 is 17.7 Å². The van der Waals surface area contributed by atoms with Gasteiger partial charge in [0.25, 0.3) is 11.7 Å². The maximum Gasteiger partial charge on any atom is 0.295 e. The molecule has 1 unspecified atom stereocenters. The van der Waals surface area contributed by atoms with Crippen LogP contribution in [0.15, 0.2) is 72.8 Å². The summed E-state index contributed by atoms with van der Waals surface area (Å²) in [4.78, 5) is 29.5. The Morgan fingerprint density at radius 2 is 1.90 bits per heavy atom. The molecule has 6 nitrogen and oxygen atoms in total. The molecule has 0 radical (unpaired) electrons. The number of Topliss-reactive ketones (excluding diaryl/α,β-unsaturated/α-hetero) is 1. The molecular formula is C25H28N2O4. The summed E-state index contributed by atoms with van der Waals surface area (Å²) >= 11 is 0. The molecule has 1 fully saturated rings. The summed E-state index contributed by atoms with van der Waals surface area (Å²) in [6.45, 7) is 5.18. The summed E-state index contributed by atoms with van der Waals surface area (Å²) < 4.78 is 5.65. The second-order valence-electron chi connectivity index (χ2n) is 7.69. The molecule has 1 aliphatic rings. The fraction of sp³-hybridized carbons (Fsp3) is 0.280. The van der Waals surface area contributed by atoms with Gasteiger partial charge < -0.3 is 19.6 Å². The van der Waals surface area contributed by atoms with Crippen LogP contribution >= 0.6 is 0 Å². The fourth-order valence-corrected chi connectivity index (χ4v) is 3.70. The Hall–Kier alpha value is -3.38. The summed E-state index contributed by atoms with van der Waals surface area (Å²) in [6, 6.07) is 15.4. The van der Waals surface area contributed by atoms with Crippen LogP contribution in [-0.2, 0) is 9.59 Å². The highest BCUT2D eigenvalue weighted by Gasteiger charge is 2.45. The average Bonchev–Trinajstić information content (AvgIpc) is 3.03. The number of carbonyl (C=O) groups is 2. The van der Waals surface area contributed by atoms with Crippen LogP contribution in [0.4, 0.5) is 0 Å². The lowest BCUT2D eigenvalue weighted by Gasteiger charge is -2.26. The van der Waals surface area contributed by atoms with E-state index in [1.54, 1.807) is 41.3 Å². The molecule has 6 heteroatoms. The van der Waals surface area contributed by atoms with Crippen LogP contribution in [0, 0.1) is 0 Å². The average molecular weight is 421 g/mol.